The first kappa shape index (κ1) is 14.3. The van der Waals surface area contributed by atoms with Crippen LogP contribution in [-0.4, -0.2) is 26.2 Å². The van der Waals surface area contributed by atoms with Gasteiger partial charge in [-0.15, -0.1) is 0 Å². The smallest absolute Gasteiger partial charge is 0.338 e. The molecule has 1 aliphatic rings. The van der Waals surface area contributed by atoms with Gasteiger partial charge in [0.15, 0.2) is 0 Å². The standard InChI is InChI=1S/C12H14BrNO4S/c1-2-18-12(15)8-3-6-11(10(13)7-8)14-19(16,17)9-4-5-9/h3,6-7,9,14H,2,4-5H2,1H3. The van der Waals surface area contributed by atoms with Crippen molar-refractivity contribution in [1.29, 1.82) is 0 Å². The number of sulfonamides is 1. The van der Waals surface area contributed by atoms with Gasteiger partial charge in [-0.3, -0.25) is 4.72 Å². The number of carbonyl (C=O) groups excluding carboxylic acids is 1. The molecule has 0 saturated heterocycles. The number of nitrogens with one attached hydrogen (secondary N) is 1. The van der Waals surface area contributed by atoms with E-state index in [0.29, 0.717) is 35.2 Å². The van der Waals surface area contributed by atoms with Crippen molar-refractivity contribution in [2.24, 2.45) is 0 Å². The van der Waals surface area contributed by atoms with Gasteiger partial charge in [-0.2, -0.15) is 0 Å². The number of anilines is 1. The van der Waals surface area contributed by atoms with Crippen molar-refractivity contribution >= 4 is 37.6 Å². The third-order valence-electron chi connectivity index (χ3n) is 2.70. The number of benzene rings is 1. The van der Waals surface area contributed by atoms with Crippen LogP contribution in [0.25, 0.3) is 0 Å². The summed E-state index contributed by atoms with van der Waals surface area (Å²) in [7, 11) is -3.30. The van der Waals surface area contributed by atoms with Crippen LogP contribution < -0.4 is 4.72 Å². The average Bonchev–Trinajstić information content (AvgIpc) is 3.16. The van der Waals surface area contributed by atoms with E-state index in [1.54, 1.807) is 19.1 Å². The molecule has 1 aliphatic carbocycles. The second-order valence-electron chi connectivity index (χ2n) is 4.26. The van der Waals surface area contributed by atoms with Crippen molar-refractivity contribution in [1.82, 2.24) is 0 Å². The van der Waals surface area contributed by atoms with Gasteiger partial charge in [0.1, 0.15) is 0 Å². The van der Waals surface area contributed by atoms with E-state index in [1.165, 1.54) is 6.07 Å². The molecule has 7 heteroatoms. The van der Waals surface area contributed by atoms with Crippen LogP contribution >= 0.6 is 15.9 Å². The van der Waals surface area contributed by atoms with E-state index in [2.05, 4.69) is 20.7 Å². The van der Waals surface area contributed by atoms with E-state index in [0.717, 1.165) is 0 Å². The number of carbonyl (C=O) groups is 1. The molecule has 5 nitrogen and oxygen atoms in total. The van der Waals surface area contributed by atoms with Gasteiger partial charge in [-0.25, -0.2) is 13.2 Å². The highest BCUT2D eigenvalue weighted by Gasteiger charge is 2.36. The molecule has 1 saturated carbocycles. The highest BCUT2D eigenvalue weighted by atomic mass is 79.9. The largest absolute Gasteiger partial charge is 0.462 e. The molecule has 1 aromatic rings. The number of rotatable bonds is 5. The molecule has 2 rings (SSSR count). The van der Waals surface area contributed by atoms with E-state index >= 15 is 0 Å². The number of halogens is 1. The monoisotopic (exact) mass is 347 g/mol. The normalized spacial score (nSPS) is 15.1. The number of ether oxygens (including phenoxy) is 1. The van der Waals surface area contributed by atoms with Gasteiger partial charge in [0.25, 0.3) is 0 Å². The van der Waals surface area contributed by atoms with Gasteiger partial charge in [-0.1, -0.05) is 0 Å². The van der Waals surface area contributed by atoms with E-state index in [1.807, 2.05) is 0 Å². The SMILES string of the molecule is CCOC(=O)c1ccc(NS(=O)(=O)C2CC2)c(Br)c1. The molecule has 1 fully saturated rings. The molecule has 0 bridgehead atoms. The molecule has 0 spiro atoms. The molecule has 1 aromatic carbocycles. The molecule has 0 aliphatic heterocycles. The third kappa shape index (κ3) is 3.48. The summed E-state index contributed by atoms with van der Waals surface area (Å²) >= 11 is 3.25. The van der Waals surface area contributed by atoms with E-state index in [9.17, 15) is 13.2 Å². The van der Waals surface area contributed by atoms with Gasteiger partial charge in [0, 0.05) is 4.47 Å². The van der Waals surface area contributed by atoms with Crippen molar-refractivity contribution in [2.75, 3.05) is 11.3 Å². The molecular formula is C12H14BrNO4S. The first-order chi connectivity index (χ1) is 8.94. The van der Waals surface area contributed by atoms with Crippen molar-refractivity contribution in [2.45, 2.75) is 25.0 Å². The lowest BCUT2D eigenvalue weighted by Crippen LogP contribution is -2.17. The fraction of sp³-hybridized carbons (Fsp3) is 0.417. The Morgan fingerprint density at radius 1 is 1.47 bits per heavy atom. The first-order valence-electron chi connectivity index (χ1n) is 5.92. The van der Waals surface area contributed by atoms with Crippen LogP contribution in [0.2, 0.25) is 0 Å². The highest BCUT2D eigenvalue weighted by molar-refractivity contribution is 9.10. The number of hydrogen-bond acceptors (Lipinski definition) is 4. The minimum atomic E-state index is -3.30. The molecule has 104 valence electrons. The number of hydrogen-bond donors (Lipinski definition) is 1. The molecule has 0 unspecified atom stereocenters. The van der Waals surface area contributed by atoms with Crippen molar-refractivity contribution < 1.29 is 17.9 Å². The Morgan fingerprint density at radius 2 is 2.16 bits per heavy atom. The molecule has 19 heavy (non-hydrogen) atoms. The van der Waals surface area contributed by atoms with Crippen molar-refractivity contribution in [3.05, 3.63) is 28.2 Å². The molecule has 0 heterocycles. The minimum absolute atomic E-state index is 0.288. The van der Waals surface area contributed by atoms with Crippen LogP contribution in [0.5, 0.6) is 0 Å². The molecule has 1 N–H and O–H groups in total. The van der Waals surface area contributed by atoms with Gasteiger partial charge in [0.2, 0.25) is 10.0 Å². The van der Waals surface area contributed by atoms with E-state index in [-0.39, 0.29) is 5.25 Å². The predicted molar refractivity (Wildman–Crippen MR) is 75.7 cm³/mol. The summed E-state index contributed by atoms with van der Waals surface area (Å²) in [5.41, 5.74) is 0.808. The van der Waals surface area contributed by atoms with Gasteiger partial charge >= 0.3 is 5.97 Å². The maximum absolute atomic E-state index is 11.8. The van der Waals surface area contributed by atoms with Crippen LogP contribution in [0.1, 0.15) is 30.1 Å². The fourth-order valence-corrected chi connectivity index (χ4v) is 3.57. The summed E-state index contributed by atoms with van der Waals surface area (Å²) < 4.78 is 31.5. The van der Waals surface area contributed by atoms with Crippen LogP contribution in [0.15, 0.2) is 22.7 Å². The summed E-state index contributed by atoms with van der Waals surface area (Å²) in [5.74, 6) is -0.431. The van der Waals surface area contributed by atoms with Gasteiger partial charge < -0.3 is 4.74 Å². The second-order valence-corrected chi connectivity index (χ2v) is 7.08. The molecule has 0 aromatic heterocycles. The second kappa shape index (κ2) is 5.50. The van der Waals surface area contributed by atoms with E-state index in [4.69, 9.17) is 4.74 Å². The van der Waals surface area contributed by atoms with E-state index < -0.39 is 16.0 Å². The van der Waals surface area contributed by atoms with Crippen molar-refractivity contribution in [3.63, 3.8) is 0 Å². The summed E-state index contributed by atoms with van der Waals surface area (Å²) in [6, 6.07) is 4.63. The topological polar surface area (TPSA) is 72.5 Å². The molecule has 0 atom stereocenters. The van der Waals surface area contributed by atoms with Gasteiger partial charge in [-0.05, 0) is 53.9 Å². The van der Waals surface area contributed by atoms with Crippen molar-refractivity contribution in [3.8, 4) is 0 Å². The summed E-state index contributed by atoms with van der Waals surface area (Å²) in [5, 5.41) is -0.288. The average molecular weight is 348 g/mol. The fourth-order valence-electron chi connectivity index (χ4n) is 1.55. The highest BCUT2D eigenvalue weighted by Crippen LogP contribution is 2.32. The number of esters is 1. The zero-order valence-corrected chi connectivity index (χ0v) is 12.8. The Kier molecular flexibility index (Phi) is 4.15. The Bertz CT molecular complexity index is 596. The maximum Gasteiger partial charge on any atom is 0.338 e. The first-order valence-corrected chi connectivity index (χ1v) is 8.26. The summed E-state index contributed by atoms with van der Waals surface area (Å²) in [4.78, 5) is 11.5. The van der Waals surface area contributed by atoms with Crippen LogP contribution in [-0.2, 0) is 14.8 Å². The Morgan fingerprint density at radius 3 is 2.68 bits per heavy atom. The zero-order chi connectivity index (χ0) is 14.0. The summed E-state index contributed by atoms with van der Waals surface area (Å²) in [6.07, 6.45) is 1.40. The molecule has 0 amide bonds. The zero-order valence-electron chi connectivity index (χ0n) is 10.3. The predicted octanol–water partition coefficient (Wildman–Crippen LogP) is 2.53. The molecular weight excluding hydrogens is 334 g/mol. The maximum atomic E-state index is 11.8. The lowest BCUT2D eigenvalue weighted by Gasteiger charge is -2.10. The molecule has 0 radical (unpaired) electrons. The Balaban J connectivity index is 2.17. The van der Waals surface area contributed by atoms with Crippen LogP contribution in [0.3, 0.4) is 0 Å². The lowest BCUT2D eigenvalue weighted by molar-refractivity contribution is 0.0526. The minimum Gasteiger partial charge on any atom is -0.462 e. The van der Waals surface area contributed by atoms with Gasteiger partial charge in [0.05, 0.1) is 23.1 Å². The lowest BCUT2D eigenvalue weighted by atomic mass is 10.2. The summed E-state index contributed by atoms with van der Waals surface area (Å²) in [6.45, 7) is 2.03. The van der Waals surface area contributed by atoms with Crippen LogP contribution in [0, 0.1) is 0 Å². The van der Waals surface area contributed by atoms with Crippen LogP contribution in [0.4, 0.5) is 5.69 Å². The third-order valence-corrected chi connectivity index (χ3v) is 5.21. The Hall–Kier alpha value is -1.08. The quantitative estimate of drug-likeness (QED) is 0.830. The Labute approximate surface area is 120 Å².